The molecular formula is C12H12BrF. The van der Waals surface area contributed by atoms with Gasteiger partial charge in [0.25, 0.3) is 0 Å². The van der Waals surface area contributed by atoms with Crippen LogP contribution in [0.15, 0.2) is 34.8 Å². The van der Waals surface area contributed by atoms with Gasteiger partial charge < -0.3 is 0 Å². The van der Waals surface area contributed by atoms with Crippen molar-refractivity contribution in [2.24, 2.45) is 0 Å². The van der Waals surface area contributed by atoms with E-state index in [1.807, 2.05) is 12.1 Å². The number of rotatable bonds is 1. The predicted octanol–water partition coefficient (Wildman–Crippen LogP) is 4.37. The molecule has 0 amide bonds. The van der Waals surface area contributed by atoms with Crippen LogP contribution in [0.2, 0.25) is 0 Å². The first-order valence-corrected chi connectivity index (χ1v) is 5.67. The topological polar surface area (TPSA) is 0 Å². The van der Waals surface area contributed by atoms with Gasteiger partial charge in [-0.1, -0.05) is 34.1 Å². The van der Waals surface area contributed by atoms with Crippen LogP contribution >= 0.6 is 15.9 Å². The minimum atomic E-state index is -0.162. The highest BCUT2D eigenvalue weighted by Crippen LogP contribution is 2.37. The zero-order valence-corrected chi connectivity index (χ0v) is 9.43. The fraction of sp³-hybridized carbons (Fsp3) is 0.333. The SMILES string of the molecule is Fc1ccc([C@H]2CCCC=C2Br)cc1. The van der Waals surface area contributed by atoms with Crippen LogP contribution in [0.5, 0.6) is 0 Å². The Kier molecular flexibility index (Phi) is 3.02. The summed E-state index contributed by atoms with van der Waals surface area (Å²) >= 11 is 3.58. The van der Waals surface area contributed by atoms with Crippen molar-refractivity contribution in [1.82, 2.24) is 0 Å². The molecule has 0 bridgehead atoms. The number of benzene rings is 1. The van der Waals surface area contributed by atoms with Gasteiger partial charge in [0.05, 0.1) is 0 Å². The summed E-state index contributed by atoms with van der Waals surface area (Å²) in [5.41, 5.74) is 1.20. The second-order valence-electron chi connectivity index (χ2n) is 3.62. The molecule has 0 aliphatic heterocycles. The molecule has 2 heteroatoms. The van der Waals surface area contributed by atoms with Gasteiger partial charge in [0, 0.05) is 5.92 Å². The largest absolute Gasteiger partial charge is 0.207 e. The van der Waals surface area contributed by atoms with Crippen molar-refractivity contribution in [2.45, 2.75) is 25.2 Å². The molecule has 1 aliphatic rings. The average Bonchev–Trinajstić information content (AvgIpc) is 2.20. The summed E-state index contributed by atoms with van der Waals surface area (Å²) in [5, 5.41) is 0. The maximum atomic E-state index is 12.7. The van der Waals surface area contributed by atoms with Crippen LogP contribution in [0, 0.1) is 5.82 Å². The molecule has 14 heavy (non-hydrogen) atoms. The molecule has 0 heterocycles. The van der Waals surface area contributed by atoms with E-state index < -0.39 is 0 Å². The predicted molar refractivity (Wildman–Crippen MR) is 60.0 cm³/mol. The normalized spacial score (nSPS) is 21.9. The molecule has 0 spiro atoms. The lowest BCUT2D eigenvalue weighted by Crippen LogP contribution is -2.02. The summed E-state index contributed by atoms with van der Waals surface area (Å²) in [6.45, 7) is 0. The summed E-state index contributed by atoms with van der Waals surface area (Å²) < 4.78 is 14.0. The van der Waals surface area contributed by atoms with E-state index in [1.165, 1.54) is 28.6 Å². The van der Waals surface area contributed by atoms with Gasteiger partial charge in [0.2, 0.25) is 0 Å². The van der Waals surface area contributed by atoms with Crippen LogP contribution in [0.25, 0.3) is 0 Å². The van der Waals surface area contributed by atoms with E-state index in [4.69, 9.17) is 0 Å². The Morgan fingerprint density at radius 1 is 1.21 bits per heavy atom. The van der Waals surface area contributed by atoms with Gasteiger partial charge in [0.15, 0.2) is 0 Å². The zero-order valence-electron chi connectivity index (χ0n) is 7.84. The number of allylic oxidation sites excluding steroid dienone is 2. The van der Waals surface area contributed by atoms with Gasteiger partial charge in [-0.05, 0) is 41.4 Å². The first kappa shape index (κ1) is 9.91. The van der Waals surface area contributed by atoms with Crippen molar-refractivity contribution < 1.29 is 4.39 Å². The first-order chi connectivity index (χ1) is 6.77. The molecule has 0 fully saturated rings. The van der Waals surface area contributed by atoms with Gasteiger partial charge in [-0.3, -0.25) is 0 Å². The molecular weight excluding hydrogens is 243 g/mol. The maximum Gasteiger partial charge on any atom is 0.123 e. The highest BCUT2D eigenvalue weighted by Gasteiger charge is 2.17. The Morgan fingerprint density at radius 2 is 1.93 bits per heavy atom. The highest BCUT2D eigenvalue weighted by atomic mass is 79.9. The third-order valence-electron chi connectivity index (χ3n) is 2.64. The van der Waals surface area contributed by atoms with Gasteiger partial charge in [0.1, 0.15) is 5.82 Å². The average molecular weight is 255 g/mol. The van der Waals surface area contributed by atoms with Gasteiger partial charge in [-0.15, -0.1) is 0 Å². The summed E-state index contributed by atoms with van der Waals surface area (Å²) in [6.07, 6.45) is 5.75. The van der Waals surface area contributed by atoms with Crippen molar-refractivity contribution in [2.75, 3.05) is 0 Å². The lowest BCUT2D eigenvalue weighted by atomic mass is 9.89. The molecule has 0 saturated carbocycles. The van der Waals surface area contributed by atoms with Crippen LogP contribution in [0.3, 0.4) is 0 Å². The van der Waals surface area contributed by atoms with Gasteiger partial charge >= 0.3 is 0 Å². The fourth-order valence-electron chi connectivity index (χ4n) is 1.86. The Hall–Kier alpha value is -0.630. The molecule has 2 rings (SSSR count). The number of hydrogen-bond donors (Lipinski definition) is 0. The number of hydrogen-bond acceptors (Lipinski definition) is 0. The van der Waals surface area contributed by atoms with Crippen molar-refractivity contribution in [3.05, 3.63) is 46.2 Å². The molecule has 0 unspecified atom stereocenters. The zero-order chi connectivity index (χ0) is 9.97. The summed E-state index contributed by atoms with van der Waals surface area (Å²) in [5.74, 6) is 0.272. The Balaban J connectivity index is 2.26. The molecule has 1 atom stereocenters. The van der Waals surface area contributed by atoms with E-state index in [1.54, 1.807) is 0 Å². The molecule has 0 N–H and O–H groups in total. The monoisotopic (exact) mass is 254 g/mol. The molecule has 1 aromatic rings. The Labute approximate surface area is 92.0 Å². The summed E-state index contributed by atoms with van der Waals surface area (Å²) in [7, 11) is 0. The van der Waals surface area contributed by atoms with E-state index in [2.05, 4.69) is 22.0 Å². The van der Waals surface area contributed by atoms with Gasteiger partial charge in [-0.25, -0.2) is 4.39 Å². The molecule has 1 aromatic carbocycles. The molecule has 0 aromatic heterocycles. The van der Waals surface area contributed by atoms with Crippen LogP contribution < -0.4 is 0 Å². The van der Waals surface area contributed by atoms with E-state index >= 15 is 0 Å². The van der Waals surface area contributed by atoms with Crippen molar-refractivity contribution >= 4 is 15.9 Å². The van der Waals surface area contributed by atoms with Crippen LogP contribution in [0.4, 0.5) is 4.39 Å². The minimum Gasteiger partial charge on any atom is -0.207 e. The second kappa shape index (κ2) is 4.26. The molecule has 0 nitrogen and oxygen atoms in total. The molecule has 0 radical (unpaired) electrons. The first-order valence-electron chi connectivity index (χ1n) is 4.88. The molecule has 0 saturated heterocycles. The highest BCUT2D eigenvalue weighted by molar-refractivity contribution is 9.11. The van der Waals surface area contributed by atoms with E-state index in [9.17, 15) is 4.39 Å². The summed E-state index contributed by atoms with van der Waals surface area (Å²) in [4.78, 5) is 0. The van der Waals surface area contributed by atoms with Crippen LogP contribution in [-0.2, 0) is 0 Å². The van der Waals surface area contributed by atoms with E-state index in [0.717, 1.165) is 12.8 Å². The van der Waals surface area contributed by atoms with Crippen LogP contribution in [-0.4, -0.2) is 0 Å². The fourth-order valence-corrected chi connectivity index (χ4v) is 2.59. The third kappa shape index (κ3) is 2.06. The van der Waals surface area contributed by atoms with E-state index in [-0.39, 0.29) is 5.82 Å². The second-order valence-corrected chi connectivity index (χ2v) is 4.54. The van der Waals surface area contributed by atoms with Crippen molar-refractivity contribution in [1.29, 1.82) is 0 Å². The number of halogens is 2. The van der Waals surface area contributed by atoms with Crippen molar-refractivity contribution in [3.8, 4) is 0 Å². The third-order valence-corrected chi connectivity index (χ3v) is 3.52. The standard InChI is InChI=1S/C12H12BrF/c13-12-4-2-1-3-11(12)9-5-7-10(14)8-6-9/h4-8,11H,1-3H2/t11-/m1/s1. The Bertz CT molecular complexity index is 340. The quantitative estimate of drug-likeness (QED) is 0.698. The van der Waals surface area contributed by atoms with Gasteiger partial charge in [-0.2, -0.15) is 0 Å². The molecule has 74 valence electrons. The lowest BCUT2D eigenvalue weighted by molar-refractivity contribution is 0.620. The Morgan fingerprint density at radius 3 is 2.57 bits per heavy atom. The summed E-state index contributed by atoms with van der Waals surface area (Å²) in [6, 6.07) is 6.81. The minimum absolute atomic E-state index is 0.162. The lowest BCUT2D eigenvalue weighted by Gasteiger charge is -2.20. The maximum absolute atomic E-state index is 12.7. The van der Waals surface area contributed by atoms with Crippen molar-refractivity contribution in [3.63, 3.8) is 0 Å². The molecule has 1 aliphatic carbocycles. The van der Waals surface area contributed by atoms with Crippen LogP contribution in [0.1, 0.15) is 30.7 Å². The smallest absolute Gasteiger partial charge is 0.123 e. The van der Waals surface area contributed by atoms with E-state index in [0.29, 0.717) is 5.92 Å².